The van der Waals surface area contributed by atoms with Gasteiger partial charge in [0.25, 0.3) is 0 Å². The maximum Gasteiger partial charge on any atom is 0.349 e. The third-order valence-electron chi connectivity index (χ3n) is 5.59. The molecule has 1 N–H and O–H groups in total. The third kappa shape index (κ3) is 3.06. The maximum atomic E-state index is 12.4. The largest absolute Gasteiger partial charge is 0.369 e. The second-order valence-corrected chi connectivity index (χ2v) is 7.34. The van der Waals surface area contributed by atoms with Crippen LogP contribution in [0.2, 0.25) is 0 Å². The van der Waals surface area contributed by atoms with Gasteiger partial charge in [0.05, 0.1) is 18.1 Å². The lowest BCUT2D eigenvalue weighted by atomic mass is 10.2. The number of para-hydroxylation sites is 2. The normalized spacial score (nSPS) is 19.9. The van der Waals surface area contributed by atoms with Crippen molar-refractivity contribution in [2.45, 2.75) is 12.6 Å². The molecular weight excluding hydrogens is 338 g/mol. The minimum Gasteiger partial charge on any atom is -0.369 e. The van der Waals surface area contributed by atoms with E-state index in [2.05, 4.69) is 50.4 Å². The van der Waals surface area contributed by atoms with Crippen molar-refractivity contribution in [1.82, 2.24) is 14.5 Å². The van der Waals surface area contributed by atoms with Crippen LogP contribution in [0, 0.1) is 0 Å². The van der Waals surface area contributed by atoms with Crippen molar-refractivity contribution in [3.8, 4) is 0 Å². The molecule has 2 aliphatic heterocycles. The average molecular weight is 361 g/mol. The van der Waals surface area contributed by atoms with Crippen molar-refractivity contribution < 1.29 is 0 Å². The standard InChI is InChI=1S/C21H23N5O/c27-21-23-19-9-5-4-8-18(19)20-22-16(15-26(20)21)14-24-10-12-25(13-11-24)17-6-2-1-3-7-17/h1-9,16,22H,10-15H2/t16-/m1/s1. The topological polar surface area (TPSA) is 53.4 Å². The first-order valence-corrected chi connectivity index (χ1v) is 9.56. The lowest BCUT2D eigenvalue weighted by Gasteiger charge is -2.37. The van der Waals surface area contributed by atoms with Crippen LogP contribution in [-0.2, 0) is 6.54 Å². The summed E-state index contributed by atoms with van der Waals surface area (Å²) >= 11 is 0. The van der Waals surface area contributed by atoms with Gasteiger partial charge in [-0.1, -0.05) is 30.3 Å². The van der Waals surface area contributed by atoms with E-state index < -0.39 is 0 Å². The SMILES string of the molecule is O=c1nc2ccccc2c2n1C[C@@H](CN1CCN(c3ccccc3)CC1)N2. The summed E-state index contributed by atoms with van der Waals surface area (Å²) in [6.07, 6.45) is 0. The Balaban J connectivity index is 1.26. The van der Waals surface area contributed by atoms with Gasteiger partial charge in [0, 0.05) is 43.8 Å². The number of piperazine rings is 1. The summed E-state index contributed by atoms with van der Waals surface area (Å²) in [7, 11) is 0. The fourth-order valence-corrected chi connectivity index (χ4v) is 4.20. The Kier molecular flexibility index (Phi) is 4.05. The number of fused-ring (bicyclic) bond motifs is 3. The van der Waals surface area contributed by atoms with E-state index in [0.717, 1.165) is 49.4 Å². The summed E-state index contributed by atoms with van der Waals surface area (Å²) in [6, 6.07) is 18.7. The van der Waals surface area contributed by atoms with Crippen molar-refractivity contribution in [3.05, 3.63) is 65.1 Å². The maximum absolute atomic E-state index is 12.4. The molecule has 6 heteroatoms. The van der Waals surface area contributed by atoms with Crippen LogP contribution in [0.15, 0.2) is 59.4 Å². The number of rotatable bonds is 3. The number of nitrogens with zero attached hydrogens (tertiary/aromatic N) is 4. The van der Waals surface area contributed by atoms with Gasteiger partial charge in [-0.2, -0.15) is 4.98 Å². The van der Waals surface area contributed by atoms with Gasteiger partial charge in [-0.25, -0.2) is 4.79 Å². The van der Waals surface area contributed by atoms with Gasteiger partial charge in [-0.3, -0.25) is 9.47 Å². The van der Waals surface area contributed by atoms with Crippen LogP contribution in [0.4, 0.5) is 11.5 Å². The molecule has 2 aromatic carbocycles. The van der Waals surface area contributed by atoms with E-state index in [9.17, 15) is 4.79 Å². The van der Waals surface area contributed by atoms with Crippen LogP contribution < -0.4 is 15.9 Å². The van der Waals surface area contributed by atoms with Gasteiger partial charge in [-0.15, -0.1) is 0 Å². The van der Waals surface area contributed by atoms with Gasteiger partial charge < -0.3 is 10.2 Å². The number of nitrogens with one attached hydrogen (secondary N) is 1. The van der Waals surface area contributed by atoms with Crippen LogP contribution in [0.25, 0.3) is 10.9 Å². The smallest absolute Gasteiger partial charge is 0.349 e. The Hall–Kier alpha value is -2.86. The second-order valence-electron chi connectivity index (χ2n) is 7.34. The highest BCUT2D eigenvalue weighted by Crippen LogP contribution is 2.25. The van der Waals surface area contributed by atoms with Crippen molar-refractivity contribution in [3.63, 3.8) is 0 Å². The molecule has 0 bridgehead atoms. The highest BCUT2D eigenvalue weighted by Gasteiger charge is 2.27. The van der Waals surface area contributed by atoms with Crippen LogP contribution in [0.3, 0.4) is 0 Å². The highest BCUT2D eigenvalue weighted by molar-refractivity contribution is 5.89. The molecular formula is C21H23N5O. The fourth-order valence-electron chi connectivity index (χ4n) is 4.20. The summed E-state index contributed by atoms with van der Waals surface area (Å²) in [6.45, 7) is 5.78. The lowest BCUT2D eigenvalue weighted by molar-refractivity contribution is 0.245. The molecule has 27 heavy (non-hydrogen) atoms. The molecule has 138 valence electrons. The molecule has 0 radical (unpaired) electrons. The number of aromatic nitrogens is 2. The minimum atomic E-state index is -0.160. The zero-order chi connectivity index (χ0) is 18.2. The molecule has 0 unspecified atom stereocenters. The van der Waals surface area contributed by atoms with Crippen molar-refractivity contribution in [1.29, 1.82) is 0 Å². The van der Waals surface area contributed by atoms with Gasteiger partial charge in [-0.05, 0) is 24.3 Å². The van der Waals surface area contributed by atoms with E-state index in [1.54, 1.807) is 4.57 Å². The first-order valence-electron chi connectivity index (χ1n) is 9.56. The second kappa shape index (κ2) is 6.70. The van der Waals surface area contributed by atoms with Crippen LogP contribution in [0.5, 0.6) is 0 Å². The summed E-state index contributed by atoms with van der Waals surface area (Å²) < 4.78 is 1.78. The molecule has 1 fully saturated rings. The van der Waals surface area contributed by atoms with Crippen molar-refractivity contribution in [2.75, 3.05) is 42.9 Å². The van der Waals surface area contributed by atoms with E-state index in [4.69, 9.17) is 0 Å². The molecule has 0 amide bonds. The van der Waals surface area contributed by atoms with E-state index in [1.807, 2.05) is 24.3 Å². The summed E-state index contributed by atoms with van der Waals surface area (Å²) in [5.41, 5.74) is 1.90. The summed E-state index contributed by atoms with van der Waals surface area (Å²) in [4.78, 5) is 21.5. The average Bonchev–Trinajstić information content (AvgIpc) is 3.14. The Labute approximate surface area is 158 Å². The quantitative estimate of drug-likeness (QED) is 0.773. The molecule has 3 heterocycles. The molecule has 3 aromatic rings. The number of hydrogen-bond acceptors (Lipinski definition) is 5. The minimum absolute atomic E-state index is 0.160. The van der Waals surface area contributed by atoms with Crippen LogP contribution >= 0.6 is 0 Å². The Morgan fingerprint density at radius 3 is 2.52 bits per heavy atom. The predicted octanol–water partition coefficient (Wildman–Crippen LogP) is 2.01. The predicted molar refractivity (Wildman–Crippen MR) is 109 cm³/mol. The van der Waals surface area contributed by atoms with E-state index in [1.165, 1.54) is 5.69 Å². The molecule has 0 aliphatic carbocycles. The summed E-state index contributed by atoms with van der Waals surface area (Å²) in [5.74, 6) is 0.915. The highest BCUT2D eigenvalue weighted by atomic mass is 16.1. The zero-order valence-electron chi connectivity index (χ0n) is 15.2. The zero-order valence-corrected chi connectivity index (χ0v) is 15.2. The van der Waals surface area contributed by atoms with Gasteiger partial charge in [0.1, 0.15) is 5.82 Å². The molecule has 2 aliphatic rings. The van der Waals surface area contributed by atoms with Gasteiger partial charge in [0.15, 0.2) is 0 Å². The van der Waals surface area contributed by atoms with Crippen LogP contribution in [0.1, 0.15) is 0 Å². The van der Waals surface area contributed by atoms with Gasteiger partial charge in [0.2, 0.25) is 0 Å². The number of anilines is 2. The first-order chi connectivity index (χ1) is 13.3. The molecule has 1 atom stereocenters. The van der Waals surface area contributed by atoms with Crippen molar-refractivity contribution in [2.24, 2.45) is 0 Å². The lowest BCUT2D eigenvalue weighted by Crippen LogP contribution is -2.49. The third-order valence-corrected chi connectivity index (χ3v) is 5.59. The fraction of sp³-hybridized carbons (Fsp3) is 0.333. The van der Waals surface area contributed by atoms with E-state index >= 15 is 0 Å². The molecule has 0 spiro atoms. The van der Waals surface area contributed by atoms with E-state index in [0.29, 0.717) is 6.54 Å². The molecule has 0 saturated carbocycles. The van der Waals surface area contributed by atoms with E-state index in [-0.39, 0.29) is 11.7 Å². The van der Waals surface area contributed by atoms with Gasteiger partial charge >= 0.3 is 5.69 Å². The van der Waals surface area contributed by atoms with Crippen molar-refractivity contribution >= 4 is 22.4 Å². The first kappa shape index (κ1) is 16.3. The number of benzene rings is 2. The number of hydrogen-bond donors (Lipinski definition) is 1. The molecule has 1 aromatic heterocycles. The monoisotopic (exact) mass is 361 g/mol. The Morgan fingerprint density at radius 1 is 0.963 bits per heavy atom. The molecule has 1 saturated heterocycles. The summed E-state index contributed by atoms with van der Waals surface area (Å²) in [5, 5.41) is 4.60. The van der Waals surface area contributed by atoms with Crippen LogP contribution in [-0.4, -0.2) is 53.2 Å². The molecule has 5 rings (SSSR count). The Morgan fingerprint density at radius 2 is 1.70 bits per heavy atom. The Bertz CT molecular complexity index is 1010. The molecule has 6 nitrogen and oxygen atoms in total.